The number of aromatic nitrogens is 2. The molecule has 0 spiro atoms. The number of hydrogen-bond acceptors (Lipinski definition) is 5. The van der Waals surface area contributed by atoms with E-state index in [0.29, 0.717) is 6.54 Å². The molecule has 7 nitrogen and oxygen atoms in total. The van der Waals surface area contributed by atoms with Crippen molar-refractivity contribution in [1.82, 2.24) is 15.1 Å². The molecule has 0 radical (unpaired) electrons. The third-order valence-corrected chi connectivity index (χ3v) is 2.36. The van der Waals surface area contributed by atoms with Crippen molar-refractivity contribution < 1.29 is 14.3 Å². The first-order chi connectivity index (χ1) is 8.51. The Morgan fingerprint density at radius 1 is 1.56 bits per heavy atom. The van der Waals surface area contributed by atoms with Crippen molar-refractivity contribution in [2.75, 3.05) is 18.9 Å². The number of nitrogens with two attached hydrogens (primary N) is 1. The molecule has 0 fully saturated rings. The summed E-state index contributed by atoms with van der Waals surface area (Å²) in [6.45, 7) is 5.97. The average molecular weight is 254 g/mol. The summed E-state index contributed by atoms with van der Waals surface area (Å²) >= 11 is 0. The number of nitrogens with zero attached hydrogens (tertiary/aromatic N) is 2. The van der Waals surface area contributed by atoms with Gasteiger partial charge < -0.3 is 15.8 Å². The van der Waals surface area contributed by atoms with Crippen LogP contribution in [-0.4, -0.2) is 34.8 Å². The van der Waals surface area contributed by atoms with Crippen molar-refractivity contribution in [3.05, 3.63) is 11.9 Å². The SMILES string of the molecule is CCNC(=O)C(C)n1cc(N)c(C(=O)OCC)n1. The van der Waals surface area contributed by atoms with Crippen LogP contribution in [0.5, 0.6) is 0 Å². The monoisotopic (exact) mass is 254 g/mol. The van der Waals surface area contributed by atoms with Gasteiger partial charge in [0.25, 0.3) is 0 Å². The Balaban J connectivity index is 2.89. The van der Waals surface area contributed by atoms with Crippen molar-refractivity contribution >= 4 is 17.6 Å². The minimum absolute atomic E-state index is 0.0352. The van der Waals surface area contributed by atoms with Gasteiger partial charge in [-0.2, -0.15) is 5.10 Å². The molecule has 100 valence electrons. The third-order valence-electron chi connectivity index (χ3n) is 2.36. The second-order valence-electron chi connectivity index (χ2n) is 3.70. The third kappa shape index (κ3) is 2.99. The highest BCUT2D eigenvalue weighted by molar-refractivity contribution is 5.92. The van der Waals surface area contributed by atoms with Crippen LogP contribution in [0.2, 0.25) is 0 Å². The van der Waals surface area contributed by atoms with E-state index in [4.69, 9.17) is 10.5 Å². The molecule has 1 amide bonds. The zero-order valence-electron chi connectivity index (χ0n) is 10.8. The van der Waals surface area contributed by atoms with Crippen LogP contribution < -0.4 is 11.1 Å². The van der Waals surface area contributed by atoms with Crippen LogP contribution in [0.1, 0.15) is 37.3 Å². The number of ether oxygens (including phenoxy) is 1. The Morgan fingerprint density at radius 2 is 2.22 bits per heavy atom. The van der Waals surface area contributed by atoms with Crippen molar-refractivity contribution in [3.8, 4) is 0 Å². The number of nitrogens with one attached hydrogen (secondary N) is 1. The van der Waals surface area contributed by atoms with Crippen molar-refractivity contribution in [3.63, 3.8) is 0 Å². The smallest absolute Gasteiger partial charge is 0.361 e. The lowest BCUT2D eigenvalue weighted by Crippen LogP contribution is -2.31. The number of likely N-dealkylation sites (N-methyl/N-ethyl adjacent to an activating group) is 1. The maximum Gasteiger partial charge on any atom is 0.361 e. The first-order valence-electron chi connectivity index (χ1n) is 5.80. The van der Waals surface area contributed by atoms with Gasteiger partial charge >= 0.3 is 5.97 Å². The summed E-state index contributed by atoms with van der Waals surface area (Å²) in [6, 6.07) is -0.532. The lowest BCUT2D eigenvalue weighted by Gasteiger charge is -2.11. The van der Waals surface area contributed by atoms with E-state index in [1.54, 1.807) is 13.8 Å². The van der Waals surface area contributed by atoms with E-state index in [1.165, 1.54) is 10.9 Å². The first-order valence-corrected chi connectivity index (χ1v) is 5.80. The molecule has 3 N–H and O–H groups in total. The maximum atomic E-state index is 11.6. The second-order valence-corrected chi connectivity index (χ2v) is 3.70. The van der Waals surface area contributed by atoms with Gasteiger partial charge in [-0.3, -0.25) is 9.48 Å². The first kappa shape index (κ1) is 14.0. The standard InChI is InChI=1S/C11H18N4O3/c1-4-13-10(16)7(3)15-6-8(12)9(14-15)11(17)18-5-2/h6-7H,4-5,12H2,1-3H3,(H,13,16). The summed E-state index contributed by atoms with van der Waals surface area (Å²) in [7, 11) is 0. The molecule has 0 aliphatic heterocycles. The average Bonchev–Trinajstić information content (AvgIpc) is 2.71. The lowest BCUT2D eigenvalue weighted by atomic mass is 10.3. The molecule has 1 atom stereocenters. The molecule has 0 aliphatic carbocycles. The Labute approximate surface area is 105 Å². The largest absolute Gasteiger partial charge is 0.461 e. The van der Waals surface area contributed by atoms with Crippen LogP contribution in [0.3, 0.4) is 0 Å². The van der Waals surface area contributed by atoms with E-state index in [2.05, 4.69) is 10.4 Å². The van der Waals surface area contributed by atoms with E-state index in [1.807, 2.05) is 6.92 Å². The fourth-order valence-electron chi connectivity index (χ4n) is 1.40. The number of amides is 1. The number of carbonyl (C=O) groups is 2. The van der Waals surface area contributed by atoms with Gasteiger partial charge in [0.2, 0.25) is 5.91 Å². The summed E-state index contributed by atoms with van der Waals surface area (Å²) in [5.41, 5.74) is 5.90. The number of anilines is 1. The molecule has 0 bridgehead atoms. The number of hydrogen-bond donors (Lipinski definition) is 2. The normalized spacial score (nSPS) is 11.9. The summed E-state index contributed by atoms with van der Waals surface area (Å²) in [6.07, 6.45) is 1.45. The molecule has 7 heteroatoms. The molecule has 0 saturated carbocycles. The predicted molar refractivity (Wildman–Crippen MR) is 66.0 cm³/mol. The zero-order valence-corrected chi connectivity index (χ0v) is 10.8. The molecule has 0 aromatic carbocycles. The maximum absolute atomic E-state index is 11.6. The van der Waals surface area contributed by atoms with Crippen molar-refractivity contribution in [2.45, 2.75) is 26.8 Å². The highest BCUT2D eigenvalue weighted by Gasteiger charge is 2.21. The quantitative estimate of drug-likeness (QED) is 0.738. The van der Waals surface area contributed by atoms with Gasteiger partial charge in [-0.15, -0.1) is 0 Å². The van der Waals surface area contributed by atoms with Gasteiger partial charge in [0.1, 0.15) is 6.04 Å². The van der Waals surface area contributed by atoms with Gasteiger partial charge in [-0.1, -0.05) is 0 Å². The molecule has 0 saturated heterocycles. The summed E-state index contributed by atoms with van der Waals surface area (Å²) < 4.78 is 6.17. The summed E-state index contributed by atoms with van der Waals surface area (Å²) in [5.74, 6) is -0.771. The van der Waals surface area contributed by atoms with E-state index < -0.39 is 12.0 Å². The van der Waals surface area contributed by atoms with E-state index in [9.17, 15) is 9.59 Å². The van der Waals surface area contributed by atoms with Crippen molar-refractivity contribution in [1.29, 1.82) is 0 Å². The van der Waals surface area contributed by atoms with Crippen LogP contribution in [0.4, 0.5) is 5.69 Å². The number of rotatable bonds is 5. The van der Waals surface area contributed by atoms with Crippen LogP contribution in [0, 0.1) is 0 Å². The number of esters is 1. The second kappa shape index (κ2) is 6.04. The molecule has 1 aromatic rings. The Kier molecular flexibility index (Phi) is 4.70. The van der Waals surface area contributed by atoms with Crippen LogP contribution in [-0.2, 0) is 9.53 Å². The molecule has 1 unspecified atom stereocenters. The van der Waals surface area contributed by atoms with Crippen molar-refractivity contribution in [2.24, 2.45) is 0 Å². The molecule has 0 aliphatic rings. The minimum atomic E-state index is -0.586. The lowest BCUT2D eigenvalue weighted by molar-refractivity contribution is -0.124. The molecule has 1 rings (SSSR count). The fraction of sp³-hybridized carbons (Fsp3) is 0.545. The van der Waals surface area contributed by atoms with E-state index >= 15 is 0 Å². The molecule has 1 heterocycles. The molecule has 1 aromatic heterocycles. The Bertz CT molecular complexity index is 441. The van der Waals surface area contributed by atoms with Crippen LogP contribution >= 0.6 is 0 Å². The molecular weight excluding hydrogens is 236 g/mol. The van der Waals surface area contributed by atoms with Gasteiger partial charge in [-0.25, -0.2) is 4.79 Å². The predicted octanol–water partition coefficient (Wildman–Crippen LogP) is 0.339. The van der Waals surface area contributed by atoms with Gasteiger partial charge in [0.15, 0.2) is 5.69 Å². The van der Waals surface area contributed by atoms with Crippen LogP contribution in [0.15, 0.2) is 6.20 Å². The molecular formula is C11H18N4O3. The zero-order chi connectivity index (χ0) is 13.7. The number of nitrogen functional groups attached to an aromatic ring is 1. The topological polar surface area (TPSA) is 99.2 Å². The van der Waals surface area contributed by atoms with Gasteiger partial charge in [-0.05, 0) is 20.8 Å². The Hall–Kier alpha value is -2.05. The van der Waals surface area contributed by atoms with E-state index in [-0.39, 0.29) is 23.9 Å². The summed E-state index contributed by atoms with van der Waals surface area (Å²) in [4.78, 5) is 23.1. The Morgan fingerprint density at radius 3 is 2.78 bits per heavy atom. The van der Waals surface area contributed by atoms with Gasteiger partial charge in [0, 0.05) is 12.7 Å². The summed E-state index contributed by atoms with van der Waals surface area (Å²) in [5, 5.41) is 6.66. The highest BCUT2D eigenvalue weighted by Crippen LogP contribution is 2.14. The van der Waals surface area contributed by atoms with Gasteiger partial charge in [0.05, 0.1) is 12.3 Å². The fourth-order valence-corrected chi connectivity index (χ4v) is 1.40. The van der Waals surface area contributed by atoms with Crippen LogP contribution in [0.25, 0.3) is 0 Å². The minimum Gasteiger partial charge on any atom is -0.461 e. The highest BCUT2D eigenvalue weighted by atomic mass is 16.5. The molecule has 18 heavy (non-hydrogen) atoms. The number of carbonyl (C=O) groups excluding carboxylic acids is 2. The van der Waals surface area contributed by atoms with E-state index in [0.717, 1.165) is 0 Å².